The number of carbonyl (C=O) groups is 1. The van der Waals surface area contributed by atoms with E-state index in [9.17, 15) is 4.79 Å². The maximum atomic E-state index is 11.8. The second-order valence-electron chi connectivity index (χ2n) is 5.31. The van der Waals surface area contributed by atoms with Gasteiger partial charge < -0.3 is 14.6 Å². The van der Waals surface area contributed by atoms with Crippen molar-refractivity contribution < 1.29 is 14.1 Å². The van der Waals surface area contributed by atoms with E-state index in [1.807, 2.05) is 0 Å². The van der Waals surface area contributed by atoms with Crippen LogP contribution in [0.25, 0.3) is 0 Å². The molecule has 21 heavy (non-hydrogen) atoms. The molecule has 0 atom stereocenters. The van der Waals surface area contributed by atoms with Crippen LogP contribution in [-0.2, 0) is 4.74 Å². The average Bonchev–Trinajstić information content (AvgIpc) is 3.25. The molecule has 0 radical (unpaired) electrons. The monoisotopic (exact) mass is 289 g/mol. The molecule has 1 aliphatic carbocycles. The standard InChI is InChI=1S/C15H19N3O3/c19-15(13-11-14(21-17-13)12-3-4-12)16-5-1-2-6-18-7-9-20-10-8-18/h11-12H,3-10H2,(H,16,19). The number of amides is 1. The molecule has 1 N–H and O–H groups in total. The predicted molar refractivity (Wildman–Crippen MR) is 75.8 cm³/mol. The molecule has 3 rings (SSSR count). The smallest absolute Gasteiger partial charge is 0.274 e. The van der Waals surface area contributed by atoms with Crippen molar-refractivity contribution in [2.75, 3.05) is 39.4 Å². The zero-order valence-corrected chi connectivity index (χ0v) is 11.9. The van der Waals surface area contributed by atoms with Crippen molar-refractivity contribution in [1.82, 2.24) is 15.4 Å². The van der Waals surface area contributed by atoms with E-state index in [1.165, 1.54) is 0 Å². The molecule has 2 aliphatic rings. The largest absolute Gasteiger partial charge is 0.379 e. The lowest BCUT2D eigenvalue weighted by atomic mass is 10.3. The maximum Gasteiger partial charge on any atom is 0.274 e. The Kier molecular flexibility index (Phi) is 4.53. The van der Waals surface area contributed by atoms with Crippen LogP contribution < -0.4 is 5.32 Å². The third-order valence-corrected chi connectivity index (χ3v) is 3.61. The van der Waals surface area contributed by atoms with E-state index >= 15 is 0 Å². The normalized spacial score (nSPS) is 18.9. The quantitative estimate of drug-likeness (QED) is 0.823. The zero-order valence-electron chi connectivity index (χ0n) is 11.9. The summed E-state index contributed by atoms with van der Waals surface area (Å²) in [7, 11) is 0. The SMILES string of the molecule is O=C(NCC#CCN1CCOCC1)c1cc(C2CC2)on1. The molecular formula is C15H19N3O3. The van der Waals surface area contributed by atoms with Crippen LogP contribution in [0, 0.1) is 11.8 Å². The van der Waals surface area contributed by atoms with Crippen LogP contribution in [-0.4, -0.2) is 55.4 Å². The van der Waals surface area contributed by atoms with E-state index in [1.54, 1.807) is 6.07 Å². The fourth-order valence-corrected chi connectivity index (χ4v) is 2.16. The minimum absolute atomic E-state index is 0.230. The van der Waals surface area contributed by atoms with Gasteiger partial charge in [-0.05, 0) is 12.8 Å². The summed E-state index contributed by atoms with van der Waals surface area (Å²) in [6.07, 6.45) is 2.26. The summed E-state index contributed by atoms with van der Waals surface area (Å²) in [5.74, 6) is 7.06. The molecule has 1 saturated heterocycles. The number of ether oxygens (including phenoxy) is 1. The molecule has 0 bridgehead atoms. The fourth-order valence-electron chi connectivity index (χ4n) is 2.16. The van der Waals surface area contributed by atoms with Crippen LogP contribution in [0.1, 0.15) is 35.0 Å². The predicted octanol–water partition coefficient (Wildman–Crippen LogP) is 0.617. The van der Waals surface area contributed by atoms with E-state index in [2.05, 4.69) is 27.2 Å². The number of hydrogen-bond acceptors (Lipinski definition) is 5. The number of morpholine rings is 1. The van der Waals surface area contributed by atoms with Gasteiger partial charge in [-0.15, -0.1) is 0 Å². The van der Waals surface area contributed by atoms with Crippen LogP contribution in [0.4, 0.5) is 0 Å². The summed E-state index contributed by atoms with van der Waals surface area (Å²) in [4.78, 5) is 14.1. The van der Waals surface area contributed by atoms with E-state index in [-0.39, 0.29) is 5.91 Å². The Bertz CT molecular complexity index is 548. The molecule has 1 saturated carbocycles. The Labute approximate surface area is 123 Å². The highest BCUT2D eigenvalue weighted by atomic mass is 16.5. The average molecular weight is 289 g/mol. The highest BCUT2D eigenvalue weighted by Crippen LogP contribution is 2.40. The van der Waals surface area contributed by atoms with Gasteiger partial charge in [-0.2, -0.15) is 0 Å². The van der Waals surface area contributed by atoms with Gasteiger partial charge in [0, 0.05) is 25.1 Å². The second kappa shape index (κ2) is 6.74. The summed E-state index contributed by atoms with van der Waals surface area (Å²) in [6, 6.07) is 1.73. The van der Waals surface area contributed by atoms with Gasteiger partial charge in [0.05, 0.1) is 26.3 Å². The summed E-state index contributed by atoms with van der Waals surface area (Å²) < 4.78 is 10.4. The number of rotatable bonds is 4. The third kappa shape index (κ3) is 4.06. The van der Waals surface area contributed by atoms with Crippen LogP contribution in [0.2, 0.25) is 0 Å². The lowest BCUT2D eigenvalue weighted by Gasteiger charge is -2.24. The van der Waals surface area contributed by atoms with Crippen molar-refractivity contribution >= 4 is 5.91 Å². The van der Waals surface area contributed by atoms with Crippen molar-refractivity contribution in [3.63, 3.8) is 0 Å². The minimum atomic E-state index is -0.230. The van der Waals surface area contributed by atoms with Gasteiger partial charge in [0.2, 0.25) is 0 Å². The number of nitrogens with one attached hydrogen (secondary N) is 1. The van der Waals surface area contributed by atoms with Crippen LogP contribution in [0.5, 0.6) is 0 Å². The first-order valence-corrected chi connectivity index (χ1v) is 7.33. The number of nitrogens with zero attached hydrogens (tertiary/aromatic N) is 2. The zero-order chi connectivity index (χ0) is 14.5. The van der Waals surface area contributed by atoms with E-state index in [4.69, 9.17) is 9.26 Å². The van der Waals surface area contributed by atoms with Crippen molar-refractivity contribution in [1.29, 1.82) is 0 Å². The first kappa shape index (κ1) is 14.1. The third-order valence-electron chi connectivity index (χ3n) is 3.61. The van der Waals surface area contributed by atoms with Gasteiger partial charge in [0.25, 0.3) is 5.91 Å². The van der Waals surface area contributed by atoms with Crippen molar-refractivity contribution in [2.24, 2.45) is 0 Å². The van der Waals surface area contributed by atoms with E-state index in [0.717, 1.165) is 51.4 Å². The lowest BCUT2D eigenvalue weighted by Crippen LogP contribution is -2.36. The van der Waals surface area contributed by atoms with Crippen LogP contribution >= 0.6 is 0 Å². The molecule has 0 aromatic carbocycles. The molecule has 6 heteroatoms. The summed E-state index contributed by atoms with van der Waals surface area (Å²) in [5.41, 5.74) is 0.340. The molecule has 2 heterocycles. The van der Waals surface area contributed by atoms with Crippen molar-refractivity contribution in [3.8, 4) is 11.8 Å². The topological polar surface area (TPSA) is 67.6 Å². The van der Waals surface area contributed by atoms with Crippen LogP contribution in [0.3, 0.4) is 0 Å². The van der Waals surface area contributed by atoms with Crippen molar-refractivity contribution in [3.05, 3.63) is 17.5 Å². The Morgan fingerprint density at radius 1 is 1.38 bits per heavy atom. The molecule has 1 aliphatic heterocycles. The molecular weight excluding hydrogens is 270 g/mol. The van der Waals surface area contributed by atoms with E-state index in [0.29, 0.717) is 18.2 Å². The summed E-state index contributed by atoms with van der Waals surface area (Å²) in [5, 5.41) is 6.52. The molecule has 112 valence electrons. The highest BCUT2D eigenvalue weighted by molar-refractivity contribution is 5.92. The highest BCUT2D eigenvalue weighted by Gasteiger charge is 2.28. The van der Waals surface area contributed by atoms with E-state index < -0.39 is 0 Å². The molecule has 0 spiro atoms. The number of carbonyl (C=O) groups excluding carboxylic acids is 1. The Balaban J connectivity index is 1.39. The van der Waals surface area contributed by atoms with Crippen LogP contribution in [0.15, 0.2) is 10.6 Å². The first-order valence-electron chi connectivity index (χ1n) is 7.33. The van der Waals surface area contributed by atoms with Gasteiger partial charge in [0.1, 0.15) is 5.76 Å². The van der Waals surface area contributed by atoms with Gasteiger partial charge in [-0.25, -0.2) is 0 Å². The molecule has 1 amide bonds. The van der Waals surface area contributed by atoms with Gasteiger partial charge >= 0.3 is 0 Å². The summed E-state index contributed by atoms with van der Waals surface area (Å²) in [6.45, 7) is 4.43. The maximum absolute atomic E-state index is 11.8. The number of hydrogen-bond donors (Lipinski definition) is 1. The minimum Gasteiger partial charge on any atom is -0.379 e. The van der Waals surface area contributed by atoms with Gasteiger partial charge in [0.15, 0.2) is 5.69 Å². The first-order chi connectivity index (χ1) is 10.3. The Morgan fingerprint density at radius 3 is 2.95 bits per heavy atom. The lowest BCUT2D eigenvalue weighted by molar-refractivity contribution is 0.0443. The van der Waals surface area contributed by atoms with Gasteiger partial charge in [-0.1, -0.05) is 17.0 Å². The molecule has 6 nitrogen and oxygen atoms in total. The molecule has 0 unspecified atom stereocenters. The molecule has 2 fully saturated rings. The Morgan fingerprint density at radius 2 is 2.19 bits per heavy atom. The van der Waals surface area contributed by atoms with Gasteiger partial charge in [-0.3, -0.25) is 9.69 Å². The molecule has 1 aromatic heterocycles. The van der Waals surface area contributed by atoms with Crippen molar-refractivity contribution in [2.45, 2.75) is 18.8 Å². The summed E-state index contributed by atoms with van der Waals surface area (Å²) >= 11 is 0. The molecule has 1 aromatic rings. The second-order valence-corrected chi connectivity index (χ2v) is 5.31. The number of aromatic nitrogens is 1. The Hall–Kier alpha value is -1.84. The fraction of sp³-hybridized carbons (Fsp3) is 0.600.